The van der Waals surface area contributed by atoms with E-state index in [4.69, 9.17) is 37.9 Å². The van der Waals surface area contributed by atoms with Crippen LogP contribution in [-0.4, -0.2) is 176 Å². The van der Waals surface area contributed by atoms with Crippen molar-refractivity contribution in [1.82, 2.24) is 0 Å². The summed E-state index contributed by atoms with van der Waals surface area (Å²) in [6, 6.07) is 0. The Labute approximate surface area is 363 Å². The van der Waals surface area contributed by atoms with E-state index in [1.165, 1.54) is 12.5 Å². The Morgan fingerprint density at radius 3 is 2.03 bits per heavy atom. The van der Waals surface area contributed by atoms with Crippen LogP contribution in [0.2, 0.25) is 0 Å². The van der Waals surface area contributed by atoms with E-state index in [9.17, 15) is 46.0 Å². The Morgan fingerprint density at radius 1 is 0.677 bits per heavy atom. The maximum Gasteiger partial charge on any atom is 0.187 e. The number of ether oxygens (including phenoxy) is 8. The Kier molecular flexibility index (Phi) is 12.9. The summed E-state index contributed by atoms with van der Waals surface area (Å²) in [6.45, 7) is 10.4. The second-order valence-corrected chi connectivity index (χ2v) is 21.1. The second-order valence-electron chi connectivity index (χ2n) is 21.1. The number of hydrogen-bond donors (Lipinski definition) is 9. The van der Waals surface area contributed by atoms with E-state index in [1.54, 1.807) is 0 Å². The molecule has 4 unspecified atom stereocenters. The van der Waals surface area contributed by atoms with Gasteiger partial charge in [0.05, 0.1) is 38.1 Å². The van der Waals surface area contributed by atoms with Crippen LogP contribution in [-0.2, 0) is 37.9 Å². The summed E-state index contributed by atoms with van der Waals surface area (Å²) in [7, 11) is 0. The fourth-order valence-corrected chi connectivity index (χ4v) is 14.0. The Bertz CT molecular complexity index is 1610. The summed E-state index contributed by atoms with van der Waals surface area (Å²) in [5.74, 6) is 2.52. The molecule has 9 aliphatic rings. The van der Waals surface area contributed by atoms with E-state index < -0.39 is 117 Å². The average Bonchev–Trinajstić information content (AvgIpc) is 3.70. The van der Waals surface area contributed by atoms with E-state index in [0.29, 0.717) is 48.3 Å². The zero-order valence-electron chi connectivity index (χ0n) is 36.6. The van der Waals surface area contributed by atoms with Crippen LogP contribution in [0.15, 0.2) is 11.6 Å². The molecule has 5 heterocycles. The van der Waals surface area contributed by atoms with Crippen LogP contribution in [0.4, 0.5) is 0 Å². The van der Waals surface area contributed by atoms with Crippen LogP contribution < -0.4 is 0 Å². The van der Waals surface area contributed by atoms with Crippen molar-refractivity contribution in [3.05, 3.63) is 11.6 Å². The lowest BCUT2D eigenvalue weighted by Crippen LogP contribution is -2.67. The van der Waals surface area contributed by atoms with Gasteiger partial charge in [0.1, 0.15) is 67.1 Å². The molecule has 5 aliphatic heterocycles. The fourth-order valence-electron chi connectivity index (χ4n) is 14.0. The molecule has 0 aromatic rings. The van der Waals surface area contributed by atoms with Crippen LogP contribution in [0.1, 0.15) is 92.4 Å². The maximum atomic E-state index is 11.6. The van der Waals surface area contributed by atoms with Crippen LogP contribution in [0.25, 0.3) is 0 Å². The van der Waals surface area contributed by atoms with E-state index in [1.807, 2.05) is 0 Å². The van der Waals surface area contributed by atoms with Gasteiger partial charge in [0.25, 0.3) is 0 Å². The van der Waals surface area contributed by atoms with Gasteiger partial charge >= 0.3 is 0 Å². The molecule has 17 nitrogen and oxygen atoms in total. The summed E-state index contributed by atoms with van der Waals surface area (Å²) < 4.78 is 50.3. The van der Waals surface area contributed by atoms with E-state index in [0.717, 1.165) is 51.6 Å². The third-order valence-electron chi connectivity index (χ3n) is 17.7. The normalized spacial score (nSPS) is 57.6. The van der Waals surface area contributed by atoms with Crippen molar-refractivity contribution in [3.63, 3.8) is 0 Å². The van der Waals surface area contributed by atoms with Gasteiger partial charge in [-0.25, -0.2) is 0 Å². The number of rotatable bonds is 8. The van der Waals surface area contributed by atoms with Gasteiger partial charge in [-0.2, -0.15) is 0 Å². The Balaban J connectivity index is 0.940. The molecule has 0 radical (unpaired) electrons. The highest BCUT2D eigenvalue weighted by atomic mass is 16.8. The molecular formula is C45H72O17. The molecule has 354 valence electrons. The number of allylic oxidation sites excluding steroid dienone is 1. The van der Waals surface area contributed by atoms with Crippen molar-refractivity contribution in [3.8, 4) is 0 Å². The zero-order chi connectivity index (χ0) is 44.2. The van der Waals surface area contributed by atoms with Gasteiger partial charge in [0, 0.05) is 12.3 Å². The van der Waals surface area contributed by atoms with Gasteiger partial charge in [-0.1, -0.05) is 39.3 Å². The van der Waals surface area contributed by atoms with Gasteiger partial charge < -0.3 is 83.9 Å². The Morgan fingerprint density at radius 2 is 1.34 bits per heavy atom. The molecule has 9 rings (SSSR count). The molecule has 1 spiro atoms. The first kappa shape index (κ1) is 46.2. The van der Waals surface area contributed by atoms with E-state index >= 15 is 0 Å². The zero-order valence-corrected chi connectivity index (χ0v) is 36.6. The highest BCUT2D eigenvalue weighted by Crippen LogP contribution is 2.70. The lowest BCUT2D eigenvalue weighted by Gasteiger charge is -2.59. The number of fused-ring (bicyclic) bond motifs is 7. The van der Waals surface area contributed by atoms with Gasteiger partial charge in [-0.05, 0) is 98.7 Å². The summed E-state index contributed by atoms with van der Waals surface area (Å²) in [6.07, 6.45) is -12.4. The van der Waals surface area contributed by atoms with Crippen molar-refractivity contribution < 1.29 is 83.9 Å². The third kappa shape index (κ3) is 7.49. The molecule has 26 atom stereocenters. The molecule has 62 heavy (non-hydrogen) atoms. The van der Waals surface area contributed by atoms with Crippen molar-refractivity contribution in [1.29, 1.82) is 0 Å². The molecule has 5 saturated heterocycles. The van der Waals surface area contributed by atoms with Gasteiger partial charge in [0.15, 0.2) is 24.7 Å². The first-order valence-corrected chi connectivity index (χ1v) is 23.4. The lowest BCUT2D eigenvalue weighted by atomic mass is 9.47. The molecule has 9 N–H and O–H groups in total. The molecule has 3 saturated carbocycles. The average molecular weight is 885 g/mol. The van der Waals surface area contributed by atoms with Gasteiger partial charge in [-0.3, -0.25) is 0 Å². The monoisotopic (exact) mass is 884 g/mol. The minimum Gasteiger partial charge on any atom is -0.394 e. The molecule has 0 aromatic heterocycles. The second kappa shape index (κ2) is 17.3. The molecule has 4 aliphatic carbocycles. The third-order valence-corrected chi connectivity index (χ3v) is 17.7. The SMILES string of the molecule is C[C@@H]1CC[C@@]2(OC1)OC1CC3C4CC=C5C[C@@H](O[C@@H]6O[C@H](CO)[C@@H](O)[C@H](O[C@@H]7O[C@H](CO)[C@@H](O)[C@H](O)[C@H]7O)[C@H]6O[C@@H]6O[C@@H](C)[C@H](O)[C@@H](O)[C@H]6O)CC[C@]5(C)C4CC[C@]3(C)[C@H]1[C@@H]2C. The molecule has 0 aromatic carbocycles. The summed E-state index contributed by atoms with van der Waals surface area (Å²) in [4.78, 5) is 0. The standard InChI is InChI=1S/C45H72O17/c1-19-8-13-45(55-18-19)20(2)30-27(62-45)15-26-24-7-6-22-14-23(9-11-43(22,4)25(24)10-12-44(26,30)5)57-42-39(61-40-36(53)34(51)31(48)21(3)56-40)38(33(50)29(17-47)59-42)60-41-37(54)35(52)32(49)28(16-46)58-41/h6,19-21,23-42,46-54H,7-18H2,1-5H3/t19-,20+,21+,23+,24?,25?,26?,27?,28-,29-,30+,31+,32-,33-,34-,35+,36-,37-,38+,39-,40+,41+,42-,43+,44+,45-/m1/s1. The lowest BCUT2D eigenvalue weighted by molar-refractivity contribution is -0.394. The number of aliphatic hydroxyl groups is 9. The summed E-state index contributed by atoms with van der Waals surface area (Å²) in [5.41, 5.74) is 1.45. The predicted molar refractivity (Wildman–Crippen MR) is 214 cm³/mol. The van der Waals surface area contributed by atoms with Crippen molar-refractivity contribution in [2.24, 2.45) is 46.3 Å². The highest BCUT2D eigenvalue weighted by molar-refractivity contribution is 5.26. The van der Waals surface area contributed by atoms with Crippen molar-refractivity contribution >= 4 is 0 Å². The maximum absolute atomic E-state index is 11.6. The molecule has 0 bridgehead atoms. The number of hydrogen-bond acceptors (Lipinski definition) is 17. The highest BCUT2D eigenvalue weighted by Gasteiger charge is 2.69. The first-order valence-electron chi connectivity index (χ1n) is 23.4. The van der Waals surface area contributed by atoms with Crippen molar-refractivity contribution in [2.45, 2.75) is 203 Å². The molecule has 17 heteroatoms. The van der Waals surface area contributed by atoms with Gasteiger partial charge in [-0.15, -0.1) is 0 Å². The van der Waals surface area contributed by atoms with Crippen LogP contribution in [0.5, 0.6) is 0 Å². The van der Waals surface area contributed by atoms with Gasteiger partial charge in [0.2, 0.25) is 0 Å². The van der Waals surface area contributed by atoms with Crippen LogP contribution in [0, 0.1) is 46.3 Å². The van der Waals surface area contributed by atoms with Crippen LogP contribution >= 0.6 is 0 Å². The van der Waals surface area contributed by atoms with E-state index in [-0.39, 0.29) is 16.9 Å². The molecule has 8 fully saturated rings. The molecular weight excluding hydrogens is 812 g/mol. The topological polar surface area (TPSA) is 256 Å². The fraction of sp³-hybridized carbons (Fsp3) is 0.956. The molecule has 0 amide bonds. The predicted octanol–water partition coefficient (Wildman–Crippen LogP) is 0.214. The minimum atomic E-state index is -1.84. The Hall–Kier alpha value is -0.940. The summed E-state index contributed by atoms with van der Waals surface area (Å²) >= 11 is 0. The van der Waals surface area contributed by atoms with Crippen LogP contribution in [0.3, 0.4) is 0 Å². The summed E-state index contributed by atoms with van der Waals surface area (Å²) in [5, 5.41) is 95.8. The largest absolute Gasteiger partial charge is 0.394 e. The van der Waals surface area contributed by atoms with Crippen molar-refractivity contribution in [2.75, 3.05) is 19.8 Å². The first-order chi connectivity index (χ1) is 29.4. The van der Waals surface area contributed by atoms with E-state index in [2.05, 4.69) is 33.8 Å². The smallest absolute Gasteiger partial charge is 0.187 e. The quantitative estimate of drug-likeness (QED) is 0.148. The number of aliphatic hydroxyl groups excluding tert-OH is 9. The minimum absolute atomic E-state index is 0.0484.